The van der Waals surface area contributed by atoms with Gasteiger partial charge in [-0.15, -0.1) is 0 Å². The van der Waals surface area contributed by atoms with Crippen LogP contribution in [0.4, 0.5) is 15.9 Å². The molecule has 0 aromatic carbocycles. The van der Waals surface area contributed by atoms with Crippen LogP contribution >= 0.6 is 0 Å². The molecule has 1 atom stereocenters. The standard InChI is InChI=1S/C22H27FN8O2/c1-12(2)29-16-7-18(31-20-14(9-28-31)6-13(8-24)19(25)30-20)26-10-15(16)21(32)27-11-17(23)22(3,4)33-5/h6-7,9-10,12,17H,11H2,1-5H3,(H2,25,30)(H,26,29)(H,27,32). The van der Waals surface area contributed by atoms with Crippen molar-refractivity contribution in [3.05, 3.63) is 35.7 Å². The van der Waals surface area contributed by atoms with Gasteiger partial charge in [-0.1, -0.05) is 0 Å². The van der Waals surface area contributed by atoms with Crippen molar-refractivity contribution in [1.29, 1.82) is 5.26 Å². The largest absolute Gasteiger partial charge is 0.383 e. The third-order valence-electron chi connectivity index (χ3n) is 5.21. The number of fused-ring (bicyclic) bond motifs is 1. The third kappa shape index (κ3) is 5.01. The van der Waals surface area contributed by atoms with E-state index >= 15 is 0 Å². The molecule has 0 radical (unpaired) electrons. The molecule has 1 unspecified atom stereocenters. The van der Waals surface area contributed by atoms with Gasteiger partial charge >= 0.3 is 0 Å². The van der Waals surface area contributed by atoms with Crippen molar-refractivity contribution in [3.63, 3.8) is 0 Å². The minimum Gasteiger partial charge on any atom is -0.383 e. The lowest BCUT2D eigenvalue weighted by atomic mass is 10.0. The first kappa shape index (κ1) is 23.9. The van der Waals surface area contributed by atoms with Gasteiger partial charge in [0.05, 0.1) is 35.2 Å². The van der Waals surface area contributed by atoms with Gasteiger partial charge in [-0.05, 0) is 33.8 Å². The van der Waals surface area contributed by atoms with Crippen LogP contribution in [0.5, 0.6) is 0 Å². The van der Waals surface area contributed by atoms with E-state index in [1.807, 2.05) is 19.9 Å². The van der Waals surface area contributed by atoms with Crippen molar-refractivity contribution in [2.24, 2.45) is 0 Å². The summed E-state index contributed by atoms with van der Waals surface area (Å²) in [5, 5.41) is 19.9. The van der Waals surface area contributed by atoms with E-state index in [-0.39, 0.29) is 29.5 Å². The summed E-state index contributed by atoms with van der Waals surface area (Å²) in [7, 11) is 1.42. The molecule has 3 heterocycles. The molecule has 3 aromatic heterocycles. The Bertz CT molecular complexity index is 1220. The van der Waals surface area contributed by atoms with Gasteiger partial charge in [0.25, 0.3) is 5.91 Å². The molecule has 0 fully saturated rings. The van der Waals surface area contributed by atoms with Crippen molar-refractivity contribution in [2.45, 2.75) is 45.5 Å². The highest BCUT2D eigenvalue weighted by atomic mass is 19.1. The molecule has 0 bridgehead atoms. The maximum Gasteiger partial charge on any atom is 0.255 e. The Labute approximate surface area is 191 Å². The summed E-state index contributed by atoms with van der Waals surface area (Å²) in [6.45, 7) is 6.86. The first-order valence-corrected chi connectivity index (χ1v) is 10.4. The molecule has 0 saturated heterocycles. The maximum atomic E-state index is 14.4. The van der Waals surface area contributed by atoms with Crippen molar-refractivity contribution in [1.82, 2.24) is 25.1 Å². The van der Waals surface area contributed by atoms with Gasteiger partial charge in [-0.25, -0.2) is 14.4 Å². The summed E-state index contributed by atoms with van der Waals surface area (Å²) in [6.07, 6.45) is 1.55. The Hall–Kier alpha value is -3.78. The number of nitrogens with one attached hydrogen (secondary N) is 2. The average Bonchev–Trinajstić information content (AvgIpc) is 3.18. The number of ether oxygens (including phenoxy) is 1. The number of methoxy groups -OCH3 is 1. The number of hydrogen-bond acceptors (Lipinski definition) is 8. The number of amides is 1. The van der Waals surface area contributed by atoms with Crippen molar-refractivity contribution in [2.75, 3.05) is 24.7 Å². The second-order valence-corrected chi connectivity index (χ2v) is 8.37. The molecule has 174 valence electrons. The fraction of sp³-hybridized carbons (Fsp3) is 0.409. The molecule has 1 amide bonds. The fourth-order valence-corrected chi connectivity index (χ4v) is 3.05. The van der Waals surface area contributed by atoms with Gasteiger partial charge in [-0.2, -0.15) is 15.0 Å². The van der Waals surface area contributed by atoms with Crippen molar-refractivity contribution in [3.8, 4) is 11.9 Å². The molecule has 0 saturated carbocycles. The van der Waals surface area contributed by atoms with Crippen LogP contribution in [0.1, 0.15) is 43.6 Å². The predicted molar refractivity (Wildman–Crippen MR) is 123 cm³/mol. The molecule has 3 aromatic rings. The van der Waals surface area contributed by atoms with E-state index in [0.29, 0.717) is 22.5 Å². The summed E-state index contributed by atoms with van der Waals surface area (Å²) in [5.41, 5.74) is 6.26. The molecular formula is C22H27FN8O2. The quantitative estimate of drug-likeness (QED) is 0.471. The lowest BCUT2D eigenvalue weighted by molar-refractivity contribution is -0.0404. The lowest BCUT2D eigenvalue weighted by Gasteiger charge is -2.27. The Morgan fingerprint density at radius 1 is 1.36 bits per heavy atom. The average molecular weight is 455 g/mol. The molecule has 10 nitrogen and oxygen atoms in total. The van der Waals surface area contributed by atoms with Crippen LogP contribution in [0.25, 0.3) is 16.9 Å². The van der Waals surface area contributed by atoms with Gasteiger partial charge in [0, 0.05) is 30.8 Å². The van der Waals surface area contributed by atoms with E-state index in [0.717, 1.165) is 0 Å². The number of halogens is 1. The minimum absolute atomic E-state index is 0.00877. The lowest BCUT2D eigenvalue weighted by Crippen LogP contribution is -2.43. The van der Waals surface area contributed by atoms with E-state index in [1.54, 1.807) is 32.2 Å². The number of hydrogen-bond donors (Lipinski definition) is 3. The van der Waals surface area contributed by atoms with Crippen molar-refractivity contribution >= 4 is 28.4 Å². The molecule has 0 spiro atoms. The van der Waals surface area contributed by atoms with E-state index in [2.05, 4.69) is 25.7 Å². The first-order chi connectivity index (χ1) is 15.6. The highest BCUT2D eigenvalue weighted by molar-refractivity contribution is 5.99. The number of nitrogen functional groups attached to an aromatic ring is 1. The number of pyridine rings is 2. The summed E-state index contributed by atoms with van der Waals surface area (Å²) >= 11 is 0. The van der Waals surface area contributed by atoms with E-state index in [4.69, 9.17) is 15.7 Å². The summed E-state index contributed by atoms with van der Waals surface area (Å²) in [6, 6.07) is 5.26. The van der Waals surface area contributed by atoms with E-state index in [9.17, 15) is 9.18 Å². The molecule has 4 N–H and O–H groups in total. The van der Waals surface area contributed by atoms with Crippen LogP contribution in [-0.2, 0) is 4.74 Å². The van der Waals surface area contributed by atoms with Crippen LogP contribution in [0.15, 0.2) is 24.5 Å². The zero-order chi connectivity index (χ0) is 24.3. The zero-order valence-electron chi connectivity index (χ0n) is 19.2. The van der Waals surface area contributed by atoms with Gasteiger partial charge in [0.2, 0.25) is 0 Å². The van der Waals surface area contributed by atoms with Crippen LogP contribution < -0.4 is 16.4 Å². The van der Waals surface area contributed by atoms with Crippen LogP contribution in [0.3, 0.4) is 0 Å². The zero-order valence-corrected chi connectivity index (χ0v) is 19.2. The summed E-state index contributed by atoms with van der Waals surface area (Å²) < 4.78 is 21.0. The SMILES string of the molecule is COC(C)(C)C(F)CNC(=O)c1cnc(-n2ncc3cc(C#N)c(N)nc32)cc1NC(C)C. The maximum absolute atomic E-state index is 14.4. The number of alkyl halides is 1. The Morgan fingerprint density at radius 3 is 2.73 bits per heavy atom. The second kappa shape index (κ2) is 9.38. The van der Waals surface area contributed by atoms with E-state index < -0.39 is 17.7 Å². The van der Waals surface area contributed by atoms with Gasteiger partial charge in [-0.3, -0.25) is 4.79 Å². The highest BCUT2D eigenvalue weighted by Crippen LogP contribution is 2.24. The number of nitriles is 1. The van der Waals surface area contributed by atoms with Gasteiger partial charge in [0.1, 0.15) is 18.1 Å². The second-order valence-electron chi connectivity index (χ2n) is 8.37. The monoisotopic (exact) mass is 454 g/mol. The number of aromatic nitrogens is 4. The Kier molecular flexibility index (Phi) is 6.78. The van der Waals surface area contributed by atoms with Gasteiger partial charge in [0.15, 0.2) is 11.5 Å². The fourth-order valence-electron chi connectivity index (χ4n) is 3.05. The summed E-state index contributed by atoms with van der Waals surface area (Å²) in [4.78, 5) is 21.4. The minimum atomic E-state index is -1.40. The third-order valence-corrected chi connectivity index (χ3v) is 5.21. The molecule has 11 heteroatoms. The predicted octanol–water partition coefficient (Wildman–Crippen LogP) is 2.58. The topological polar surface area (TPSA) is 144 Å². The normalized spacial score (nSPS) is 12.5. The molecule has 33 heavy (non-hydrogen) atoms. The number of nitrogens with zero attached hydrogens (tertiary/aromatic N) is 5. The molecule has 0 aliphatic heterocycles. The number of anilines is 2. The summed E-state index contributed by atoms with van der Waals surface area (Å²) in [5.74, 6) is 0.00587. The Balaban J connectivity index is 1.95. The van der Waals surface area contributed by atoms with Gasteiger partial charge < -0.3 is 21.1 Å². The van der Waals surface area contributed by atoms with Crippen molar-refractivity contribution < 1.29 is 13.9 Å². The van der Waals surface area contributed by atoms with Crippen LogP contribution in [-0.4, -0.2) is 57.1 Å². The number of carbonyl (C=O) groups excluding carboxylic acids is 1. The number of rotatable bonds is 8. The van der Waals surface area contributed by atoms with Crippen LogP contribution in [0.2, 0.25) is 0 Å². The number of carbonyl (C=O) groups is 1. The number of nitrogens with two attached hydrogens (primary N) is 1. The van der Waals surface area contributed by atoms with Crippen LogP contribution in [0, 0.1) is 11.3 Å². The molecular weight excluding hydrogens is 427 g/mol. The first-order valence-electron chi connectivity index (χ1n) is 10.4. The molecule has 0 aliphatic rings. The highest BCUT2D eigenvalue weighted by Gasteiger charge is 2.30. The molecule has 3 rings (SSSR count). The smallest absolute Gasteiger partial charge is 0.255 e. The Morgan fingerprint density at radius 2 is 2.09 bits per heavy atom. The molecule has 0 aliphatic carbocycles. The van der Waals surface area contributed by atoms with E-state index in [1.165, 1.54) is 18.0 Å².